The van der Waals surface area contributed by atoms with Gasteiger partial charge < -0.3 is 15.0 Å². The molecule has 0 radical (unpaired) electrons. The molecular formula is C8H9FKN2O2-. The summed E-state index contributed by atoms with van der Waals surface area (Å²) in [6.07, 6.45) is 4.12. The van der Waals surface area contributed by atoms with Gasteiger partial charge in [-0.25, -0.2) is 0 Å². The average molecular weight is 223 g/mol. The van der Waals surface area contributed by atoms with Gasteiger partial charge in [0, 0.05) is 7.05 Å². The van der Waals surface area contributed by atoms with E-state index in [4.69, 9.17) is 0 Å². The van der Waals surface area contributed by atoms with E-state index in [9.17, 15) is 9.18 Å². The van der Waals surface area contributed by atoms with Crippen molar-refractivity contribution in [2.45, 2.75) is 18.5 Å². The minimum Gasteiger partial charge on any atom is -0.870 e. The van der Waals surface area contributed by atoms with Gasteiger partial charge in [0.05, 0.1) is 6.29 Å². The molecule has 14 heavy (non-hydrogen) atoms. The van der Waals surface area contributed by atoms with Crippen molar-refractivity contribution >= 4 is 6.29 Å². The normalized spacial score (nSPS) is 16.4. The van der Waals surface area contributed by atoms with Crippen LogP contribution in [0.25, 0.3) is 0 Å². The van der Waals surface area contributed by atoms with Crippen molar-refractivity contribution in [2.24, 2.45) is 7.05 Å². The Hall–Kier alpha value is 0.406. The average Bonchev–Trinajstić information content (AvgIpc) is 2.64. The first-order chi connectivity index (χ1) is 5.65. The maximum Gasteiger partial charge on any atom is 1.00 e. The molecule has 0 aliphatic heterocycles. The molecule has 0 unspecified atom stereocenters. The molecule has 0 amide bonds. The van der Waals surface area contributed by atoms with Crippen LogP contribution in [0.3, 0.4) is 0 Å². The van der Waals surface area contributed by atoms with Gasteiger partial charge in [0.25, 0.3) is 0 Å². The molecule has 1 heterocycles. The predicted octanol–water partition coefficient (Wildman–Crippen LogP) is -2.34. The van der Waals surface area contributed by atoms with E-state index in [0.717, 1.165) is 0 Å². The SMILES string of the molecule is Cn1cc([C-]=O)c(C2(F)CC2)n1.[K+].[OH-]. The molecule has 0 aromatic carbocycles. The minimum atomic E-state index is -1.34. The summed E-state index contributed by atoms with van der Waals surface area (Å²) in [4.78, 5) is 10.4. The number of rotatable bonds is 2. The van der Waals surface area contributed by atoms with Crippen LogP contribution in [0.15, 0.2) is 6.20 Å². The van der Waals surface area contributed by atoms with Gasteiger partial charge in [0.1, 0.15) is 5.67 Å². The molecule has 0 saturated heterocycles. The monoisotopic (exact) mass is 223 g/mol. The molecule has 0 atom stereocenters. The van der Waals surface area contributed by atoms with Crippen LogP contribution in [0.2, 0.25) is 0 Å². The van der Waals surface area contributed by atoms with E-state index in [1.165, 1.54) is 10.9 Å². The third-order valence-electron chi connectivity index (χ3n) is 2.05. The number of alkyl halides is 1. The van der Waals surface area contributed by atoms with Gasteiger partial charge in [-0.3, -0.25) is 9.49 Å². The summed E-state index contributed by atoms with van der Waals surface area (Å²) in [6, 6.07) is 0. The molecule has 2 rings (SSSR count). The van der Waals surface area contributed by atoms with Crippen molar-refractivity contribution in [1.82, 2.24) is 9.78 Å². The third-order valence-corrected chi connectivity index (χ3v) is 2.05. The zero-order valence-corrected chi connectivity index (χ0v) is 11.2. The Morgan fingerprint density at radius 3 is 2.64 bits per heavy atom. The quantitative estimate of drug-likeness (QED) is 0.417. The molecule has 1 fully saturated rings. The van der Waals surface area contributed by atoms with Gasteiger partial charge in [-0.1, -0.05) is 6.20 Å². The number of hydrogen-bond acceptors (Lipinski definition) is 3. The van der Waals surface area contributed by atoms with Crippen LogP contribution < -0.4 is 51.4 Å². The molecule has 1 aromatic heterocycles. The van der Waals surface area contributed by atoms with Crippen LogP contribution in [0, 0.1) is 0 Å². The topological polar surface area (TPSA) is 64.9 Å². The fourth-order valence-corrected chi connectivity index (χ4v) is 1.24. The van der Waals surface area contributed by atoms with Crippen molar-refractivity contribution in [3.05, 3.63) is 17.5 Å². The molecule has 6 heteroatoms. The van der Waals surface area contributed by atoms with E-state index >= 15 is 0 Å². The van der Waals surface area contributed by atoms with Crippen molar-refractivity contribution in [3.63, 3.8) is 0 Å². The maximum absolute atomic E-state index is 13.4. The van der Waals surface area contributed by atoms with Crippen LogP contribution >= 0.6 is 0 Å². The second-order valence-corrected chi connectivity index (χ2v) is 3.13. The molecule has 1 N–H and O–H groups in total. The molecule has 0 spiro atoms. The number of aryl methyl sites for hydroxylation is 1. The van der Waals surface area contributed by atoms with Crippen LogP contribution in [0.5, 0.6) is 0 Å². The summed E-state index contributed by atoms with van der Waals surface area (Å²) in [6.45, 7) is 0. The Balaban J connectivity index is 0.000000845. The zero-order valence-electron chi connectivity index (χ0n) is 8.12. The molecule has 1 aromatic rings. The van der Waals surface area contributed by atoms with E-state index < -0.39 is 5.67 Å². The second-order valence-electron chi connectivity index (χ2n) is 3.13. The summed E-state index contributed by atoms with van der Waals surface area (Å²) in [5, 5.41) is 3.89. The van der Waals surface area contributed by atoms with Crippen LogP contribution in [0.4, 0.5) is 4.39 Å². The zero-order chi connectivity index (χ0) is 8.77. The number of carbonyl (C=O) groups excluding carboxylic acids is 1. The van der Waals surface area contributed by atoms with Crippen LogP contribution in [-0.4, -0.2) is 21.5 Å². The van der Waals surface area contributed by atoms with Crippen molar-refractivity contribution < 1.29 is 66.0 Å². The summed E-state index contributed by atoms with van der Waals surface area (Å²) in [5.41, 5.74) is -0.842. The van der Waals surface area contributed by atoms with Gasteiger partial charge in [-0.15, -0.1) is 5.56 Å². The fourth-order valence-electron chi connectivity index (χ4n) is 1.24. The molecule has 4 nitrogen and oxygen atoms in total. The predicted molar refractivity (Wildman–Crippen MR) is 42.0 cm³/mol. The van der Waals surface area contributed by atoms with Gasteiger partial charge in [-0.2, -0.15) is 0 Å². The summed E-state index contributed by atoms with van der Waals surface area (Å²) in [5.74, 6) is 0. The number of nitrogens with zero attached hydrogens (tertiary/aromatic N) is 2. The Kier molecular flexibility index (Phi) is 5.10. The van der Waals surface area contributed by atoms with E-state index in [1.807, 2.05) is 0 Å². The molecule has 1 aliphatic rings. The molecule has 1 aliphatic carbocycles. The fraction of sp³-hybridized carbons (Fsp3) is 0.500. The Morgan fingerprint density at radius 1 is 1.64 bits per heavy atom. The Bertz CT molecular complexity index is 336. The van der Waals surface area contributed by atoms with E-state index in [-0.39, 0.29) is 68.1 Å². The van der Waals surface area contributed by atoms with E-state index in [1.54, 1.807) is 13.3 Å². The first-order valence-electron chi connectivity index (χ1n) is 3.77. The molecular weight excluding hydrogens is 214 g/mol. The maximum atomic E-state index is 13.4. The van der Waals surface area contributed by atoms with Gasteiger partial charge in [0.2, 0.25) is 0 Å². The largest absolute Gasteiger partial charge is 1.00 e. The van der Waals surface area contributed by atoms with E-state index in [2.05, 4.69) is 5.10 Å². The van der Waals surface area contributed by atoms with Crippen LogP contribution in [-0.2, 0) is 17.5 Å². The van der Waals surface area contributed by atoms with Gasteiger partial charge >= 0.3 is 51.4 Å². The second kappa shape index (κ2) is 4.96. The summed E-state index contributed by atoms with van der Waals surface area (Å²) >= 11 is 0. The van der Waals surface area contributed by atoms with E-state index in [0.29, 0.717) is 12.8 Å². The molecule has 0 bridgehead atoms. The van der Waals surface area contributed by atoms with Crippen molar-refractivity contribution in [1.29, 1.82) is 0 Å². The van der Waals surface area contributed by atoms with Gasteiger partial charge in [-0.05, 0) is 18.5 Å². The minimum absolute atomic E-state index is 0. The first kappa shape index (κ1) is 14.4. The number of aromatic nitrogens is 2. The third kappa shape index (κ3) is 2.50. The smallest absolute Gasteiger partial charge is 0.870 e. The van der Waals surface area contributed by atoms with Crippen LogP contribution in [0.1, 0.15) is 24.1 Å². The Morgan fingerprint density at radius 2 is 2.21 bits per heavy atom. The first-order valence-corrected chi connectivity index (χ1v) is 3.77. The number of hydrogen-bond donors (Lipinski definition) is 0. The van der Waals surface area contributed by atoms with Crippen molar-refractivity contribution in [3.8, 4) is 0 Å². The Labute approximate surface area is 124 Å². The molecule has 72 valence electrons. The number of halogens is 1. The molecule has 1 saturated carbocycles. The summed E-state index contributed by atoms with van der Waals surface area (Å²) in [7, 11) is 1.66. The summed E-state index contributed by atoms with van der Waals surface area (Å²) < 4.78 is 14.9. The van der Waals surface area contributed by atoms with Crippen molar-refractivity contribution in [2.75, 3.05) is 0 Å². The van der Waals surface area contributed by atoms with Gasteiger partial charge in [0.15, 0.2) is 0 Å². The standard InChI is InChI=1S/C8H8FN2O.K.H2O/c1-11-4-6(5-12)7(10-11)8(9)2-3-8;;/h4H,2-3H2,1H3;;1H2/q-1;+1;/p-1.